The van der Waals surface area contributed by atoms with E-state index in [0.29, 0.717) is 16.9 Å². The summed E-state index contributed by atoms with van der Waals surface area (Å²) in [6.07, 6.45) is -0.454. The van der Waals surface area contributed by atoms with E-state index in [1.807, 2.05) is 54.6 Å². The number of rotatable bonds is 3. The number of halogens is 1. The van der Waals surface area contributed by atoms with Gasteiger partial charge in [0, 0.05) is 11.1 Å². The molecular formula is C22H17FO2. The number of carbonyl (C=O) groups excluding carboxylic acids is 1. The molecule has 4 rings (SSSR count). The van der Waals surface area contributed by atoms with Crippen molar-refractivity contribution >= 4 is 5.78 Å². The minimum absolute atomic E-state index is 0.0116. The molecule has 0 amide bonds. The summed E-state index contributed by atoms with van der Waals surface area (Å²) in [5, 5.41) is 0. The topological polar surface area (TPSA) is 26.3 Å². The second-order valence-electron chi connectivity index (χ2n) is 6.29. The molecule has 0 saturated heterocycles. The van der Waals surface area contributed by atoms with E-state index in [0.717, 1.165) is 11.1 Å². The fourth-order valence-corrected chi connectivity index (χ4v) is 3.38. The molecule has 2 atom stereocenters. The van der Waals surface area contributed by atoms with Crippen molar-refractivity contribution in [3.63, 3.8) is 0 Å². The van der Waals surface area contributed by atoms with Crippen molar-refractivity contribution in [3.05, 3.63) is 101 Å². The number of Topliss-reactive ketones (excluding diaryl/α,β-unsaturated/α-hetero) is 1. The Bertz CT molecular complexity index is 934. The summed E-state index contributed by atoms with van der Waals surface area (Å²) < 4.78 is 19.8. The Morgan fingerprint density at radius 2 is 1.68 bits per heavy atom. The van der Waals surface area contributed by atoms with E-state index in [1.165, 1.54) is 6.07 Å². The van der Waals surface area contributed by atoms with E-state index in [2.05, 4.69) is 0 Å². The zero-order valence-electron chi connectivity index (χ0n) is 13.8. The highest BCUT2D eigenvalue weighted by atomic mass is 19.1. The zero-order chi connectivity index (χ0) is 17.4. The highest BCUT2D eigenvalue weighted by Gasteiger charge is 2.40. The molecule has 3 aromatic carbocycles. The van der Waals surface area contributed by atoms with Crippen LogP contribution >= 0.6 is 0 Å². The van der Waals surface area contributed by atoms with E-state index < -0.39 is 12.0 Å². The Morgan fingerprint density at radius 1 is 0.960 bits per heavy atom. The van der Waals surface area contributed by atoms with E-state index in [1.54, 1.807) is 19.1 Å². The third-order valence-electron chi connectivity index (χ3n) is 4.66. The van der Waals surface area contributed by atoms with E-state index in [4.69, 9.17) is 4.74 Å². The monoisotopic (exact) mass is 332 g/mol. The highest BCUT2D eigenvalue weighted by Crippen LogP contribution is 2.47. The Kier molecular flexibility index (Phi) is 3.85. The molecule has 3 heteroatoms. The van der Waals surface area contributed by atoms with Crippen LogP contribution in [-0.4, -0.2) is 5.78 Å². The molecule has 1 aliphatic heterocycles. The SMILES string of the molecule is Cc1cc(C2Oc3ccccc3C2C(=O)c2ccccc2)ccc1F. The number of ketones is 1. The van der Waals surface area contributed by atoms with Crippen LogP contribution < -0.4 is 4.74 Å². The van der Waals surface area contributed by atoms with E-state index in [-0.39, 0.29) is 11.6 Å². The van der Waals surface area contributed by atoms with Gasteiger partial charge in [-0.15, -0.1) is 0 Å². The van der Waals surface area contributed by atoms with Gasteiger partial charge in [-0.2, -0.15) is 0 Å². The van der Waals surface area contributed by atoms with Crippen molar-refractivity contribution in [2.45, 2.75) is 18.9 Å². The van der Waals surface area contributed by atoms with Gasteiger partial charge in [-0.25, -0.2) is 4.39 Å². The molecule has 0 aliphatic carbocycles. The molecule has 2 nitrogen and oxygen atoms in total. The third-order valence-corrected chi connectivity index (χ3v) is 4.66. The van der Waals surface area contributed by atoms with Crippen molar-refractivity contribution in [3.8, 4) is 5.75 Å². The average molecular weight is 332 g/mol. The molecule has 3 aromatic rings. The summed E-state index contributed by atoms with van der Waals surface area (Å²) in [4.78, 5) is 13.2. The van der Waals surface area contributed by atoms with Gasteiger partial charge in [0.05, 0.1) is 5.92 Å². The number of aryl methyl sites for hydroxylation is 1. The van der Waals surface area contributed by atoms with Crippen LogP contribution in [0.3, 0.4) is 0 Å². The van der Waals surface area contributed by atoms with Gasteiger partial charge in [-0.3, -0.25) is 4.79 Å². The summed E-state index contributed by atoms with van der Waals surface area (Å²) in [7, 11) is 0. The van der Waals surface area contributed by atoms with Crippen molar-refractivity contribution in [2.24, 2.45) is 0 Å². The zero-order valence-corrected chi connectivity index (χ0v) is 13.8. The van der Waals surface area contributed by atoms with Crippen molar-refractivity contribution < 1.29 is 13.9 Å². The normalized spacial score (nSPS) is 18.5. The predicted molar refractivity (Wildman–Crippen MR) is 94.5 cm³/mol. The predicted octanol–water partition coefficient (Wildman–Crippen LogP) is 5.23. The Labute approximate surface area is 145 Å². The number of ether oxygens (including phenoxy) is 1. The summed E-state index contributed by atoms with van der Waals surface area (Å²) in [5.41, 5.74) is 2.88. The van der Waals surface area contributed by atoms with Crippen molar-refractivity contribution in [2.75, 3.05) is 0 Å². The lowest BCUT2D eigenvalue weighted by Crippen LogP contribution is -2.19. The van der Waals surface area contributed by atoms with Crippen LogP contribution in [0.1, 0.15) is 39.1 Å². The Morgan fingerprint density at radius 3 is 2.44 bits per heavy atom. The standard InChI is InChI=1S/C22H17FO2/c1-14-13-16(11-12-18(14)23)22-20(17-9-5-6-10-19(17)25-22)21(24)15-7-3-2-4-8-15/h2-13,20,22H,1H3. The first-order chi connectivity index (χ1) is 12.1. The fourth-order valence-electron chi connectivity index (χ4n) is 3.38. The molecule has 1 heterocycles. The highest BCUT2D eigenvalue weighted by molar-refractivity contribution is 6.02. The maximum absolute atomic E-state index is 13.7. The Balaban J connectivity index is 1.81. The lowest BCUT2D eigenvalue weighted by Gasteiger charge is -2.19. The number of fused-ring (bicyclic) bond motifs is 1. The van der Waals surface area contributed by atoms with Crippen LogP contribution in [-0.2, 0) is 0 Å². The van der Waals surface area contributed by atoms with Gasteiger partial charge in [0.2, 0.25) is 0 Å². The average Bonchev–Trinajstić information content (AvgIpc) is 3.03. The van der Waals surface area contributed by atoms with Crippen molar-refractivity contribution in [1.82, 2.24) is 0 Å². The van der Waals surface area contributed by atoms with Gasteiger partial charge < -0.3 is 4.74 Å². The smallest absolute Gasteiger partial charge is 0.174 e. The molecule has 2 unspecified atom stereocenters. The summed E-state index contributed by atoms with van der Waals surface area (Å²) in [6, 6.07) is 21.7. The molecule has 0 fully saturated rings. The minimum Gasteiger partial charge on any atom is -0.484 e. The van der Waals surface area contributed by atoms with Gasteiger partial charge in [0.25, 0.3) is 0 Å². The maximum atomic E-state index is 13.7. The number of hydrogen-bond acceptors (Lipinski definition) is 2. The molecule has 0 spiro atoms. The van der Waals surface area contributed by atoms with Crippen LogP contribution in [0.25, 0.3) is 0 Å². The summed E-state index contributed by atoms with van der Waals surface area (Å²) >= 11 is 0. The molecule has 0 N–H and O–H groups in total. The molecule has 124 valence electrons. The molecule has 0 aromatic heterocycles. The summed E-state index contributed by atoms with van der Waals surface area (Å²) in [6.45, 7) is 1.72. The van der Waals surface area contributed by atoms with Crippen LogP contribution in [0, 0.1) is 12.7 Å². The first-order valence-corrected chi connectivity index (χ1v) is 8.26. The lowest BCUT2D eigenvalue weighted by atomic mass is 9.84. The number of para-hydroxylation sites is 1. The first kappa shape index (κ1) is 15.6. The van der Waals surface area contributed by atoms with Crippen LogP contribution in [0.4, 0.5) is 4.39 Å². The van der Waals surface area contributed by atoms with Crippen molar-refractivity contribution in [1.29, 1.82) is 0 Å². The lowest BCUT2D eigenvalue weighted by molar-refractivity contribution is 0.0895. The molecular weight excluding hydrogens is 315 g/mol. The van der Waals surface area contributed by atoms with Gasteiger partial charge in [0.15, 0.2) is 5.78 Å². The molecule has 0 radical (unpaired) electrons. The van der Waals surface area contributed by atoms with Crippen LogP contribution in [0.2, 0.25) is 0 Å². The number of hydrogen-bond donors (Lipinski definition) is 0. The molecule has 1 aliphatic rings. The minimum atomic E-state index is -0.454. The third kappa shape index (κ3) is 2.72. The van der Waals surface area contributed by atoms with Crippen LogP contribution in [0.5, 0.6) is 5.75 Å². The second kappa shape index (κ2) is 6.17. The molecule has 0 saturated carbocycles. The fraction of sp³-hybridized carbons (Fsp3) is 0.136. The molecule has 0 bridgehead atoms. The first-order valence-electron chi connectivity index (χ1n) is 8.26. The Hall–Kier alpha value is -2.94. The van der Waals surface area contributed by atoms with Crippen LogP contribution in [0.15, 0.2) is 72.8 Å². The number of carbonyl (C=O) groups is 1. The second-order valence-corrected chi connectivity index (χ2v) is 6.29. The van der Waals surface area contributed by atoms with E-state index in [9.17, 15) is 9.18 Å². The summed E-state index contributed by atoms with van der Waals surface area (Å²) in [5.74, 6) is 0.0231. The largest absolute Gasteiger partial charge is 0.484 e. The van der Waals surface area contributed by atoms with Gasteiger partial charge in [0.1, 0.15) is 17.7 Å². The van der Waals surface area contributed by atoms with E-state index >= 15 is 0 Å². The number of benzene rings is 3. The van der Waals surface area contributed by atoms with Gasteiger partial charge in [-0.05, 0) is 36.2 Å². The molecule has 25 heavy (non-hydrogen) atoms. The van der Waals surface area contributed by atoms with Gasteiger partial charge >= 0.3 is 0 Å². The maximum Gasteiger partial charge on any atom is 0.174 e. The quantitative estimate of drug-likeness (QED) is 0.614. The van der Waals surface area contributed by atoms with Gasteiger partial charge in [-0.1, -0.05) is 54.6 Å².